The van der Waals surface area contributed by atoms with E-state index < -0.39 is 184 Å². The quantitative estimate of drug-likeness (QED) is 0.0290. The lowest BCUT2D eigenvalue weighted by atomic mass is 9.98. The van der Waals surface area contributed by atoms with E-state index in [-0.39, 0.29) is 34.8 Å². The summed E-state index contributed by atoms with van der Waals surface area (Å²) in [7, 11) is 0. The highest BCUT2D eigenvalue weighted by molar-refractivity contribution is 6.12. The first-order chi connectivity index (χ1) is 50.3. The van der Waals surface area contributed by atoms with E-state index in [1.54, 1.807) is 48.3 Å². The molecule has 2 N–H and O–H groups in total. The average molecular weight is 1560 g/mol. The van der Waals surface area contributed by atoms with E-state index in [0.717, 1.165) is 31.4 Å². The molecule has 600 valence electrons. The number of pyridine rings is 2. The first-order valence-corrected chi connectivity index (χ1v) is 33.7. The lowest BCUT2D eigenvalue weighted by molar-refractivity contribution is -0.296. The molecule has 23 nitrogen and oxygen atoms in total. The number of rotatable bonds is 26. The molecule has 2 unspecified atom stereocenters. The van der Waals surface area contributed by atoms with Crippen molar-refractivity contribution in [3.63, 3.8) is 0 Å². The first-order valence-electron chi connectivity index (χ1n) is 33.7. The molecule has 0 aliphatic heterocycles. The average Bonchev–Trinajstić information content (AvgIpc) is 1.74. The van der Waals surface area contributed by atoms with Gasteiger partial charge in [0, 0.05) is 12.8 Å². The number of hydrogen-bond donors (Lipinski definition) is 2. The van der Waals surface area contributed by atoms with Gasteiger partial charge in [-0.05, 0) is 145 Å². The molecule has 4 amide bonds. The van der Waals surface area contributed by atoms with Crippen LogP contribution in [0.4, 0.5) is 83.2 Å². The molecule has 6 aromatic rings. The standard InChI is InChI=1S/C37H44F6N4O7.C30H32F6N4O7.C7H14O/c1-10-13-19-24(12-3)51-28-25(36(38,39)40)21-26(47(31(48)53-33(4,5)6)32(49)54-34(7,8)9)27(44-28)29-45-46-30(52-29)35(20-11-2,37(41,42)43)50-22-23-17-15-14-16-18-23;1-8-14-28(30(34,35)36,44-16-17-12-10-9-11-13-17)23-39-38-22(45-23)20-19(15-18(21(41)37-20)29(31,32)33)40(24(42)46-26(2,3)4)25(43)47-27(5,6)7;1-3-5-6-7(8)4-2/h10-11,14-18,21,24H,1-2,12-13,19-20,22H2,3-9H3;8-13,15H,1,14,16H2,2-7H3,(H,37,41);3,7-8H,1,4-6H2,2H3/t24?,35-;28-;/m11./s1. The smallest absolute Gasteiger partial charge is 0.426 e. The van der Waals surface area contributed by atoms with Gasteiger partial charge < -0.3 is 52.1 Å². The highest BCUT2D eigenvalue weighted by Gasteiger charge is 2.62. The van der Waals surface area contributed by atoms with Crippen LogP contribution in [0.3, 0.4) is 0 Å². The number of alkyl halides is 12. The topological polar surface area (TPSA) is 283 Å². The Morgan fingerprint density at radius 1 is 0.523 bits per heavy atom. The number of nitrogens with zero attached hydrogens (tertiary/aromatic N) is 7. The van der Waals surface area contributed by atoms with E-state index in [0.29, 0.717) is 23.6 Å². The van der Waals surface area contributed by atoms with Crippen LogP contribution in [0.1, 0.15) is 182 Å². The minimum absolute atomic E-state index is 0.0214. The fourth-order valence-corrected chi connectivity index (χ4v) is 9.26. The van der Waals surface area contributed by atoms with Gasteiger partial charge in [-0.15, -0.1) is 46.7 Å². The Morgan fingerprint density at radius 3 is 1.26 bits per heavy atom. The van der Waals surface area contributed by atoms with Crippen molar-refractivity contribution in [1.82, 2.24) is 30.4 Å². The highest BCUT2D eigenvalue weighted by Crippen LogP contribution is 2.50. The van der Waals surface area contributed by atoms with Crippen LogP contribution in [-0.2, 0) is 65.2 Å². The molecule has 0 radical (unpaired) electrons. The maximum absolute atomic E-state index is 15.0. The lowest BCUT2D eigenvalue weighted by Gasteiger charge is -2.31. The van der Waals surface area contributed by atoms with Crippen molar-refractivity contribution >= 4 is 35.7 Å². The number of aliphatic hydroxyl groups excluding tert-OH is 1. The van der Waals surface area contributed by atoms with E-state index in [9.17, 15) is 63.5 Å². The molecule has 0 aliphatic carbocycles. The van der Waals surface area contributed by atoms with Crippen LogP contribution in [0.25, 0.3) is 23.2 Å². The number of aromatic nitrogens is 6. The second kappa shape index (κ2) is 37.5. The summed E-state index contributed by atoms with van der Waals surface area (Å²) >= 11 is 0. The van der Waals surface area contributed by atoms with Crippen LogP contribution in [-0.4, -0.2) is 107 Å². The number of ether oxygens (including phenoxy) is 7. The predicted octanol–water partition coefficient (Wildman–Crippen LogP) is 19.9. The largest absolute Gasteiger partial charge is 0.474 e. The van der Waals surface area contributed by atoms with Gasteiger partial charge >= 0.3 is 49.1 Å². The Hall–Kier alpha value is -9.90. The van der Waals surface area contributed by atoms with Crippen molar-refractivity contribution in [2.75, 3.05) is 9.80 Å². The molecule has 109 heavy (non-hydrogen) atoms. The number of aliphatic hydroxyl groups is 1. The molecule has 4 atom stereocenters. The summed E-state index contributed by atoms with van der Waals surface area (Å²) in [6.45, 7) is 33.3. The van der Waals surface area contributed by atoms with E-state index >= 15 is 13.2 Å². The van der Waals surface area contributed by atoms with Crippen LogP contribution >= 0.6 is 0 Å². The number of aromatic amines is 1. The Kier molecular flexibility index (Phi) is 31.5. The minimum Gasteiger partial charge on any atom is -0.474 e. The van der Waals surface area contributed by atoms with E-state index in [4.69, 9.17) is 47.1 Å². The van der Waals surface area contributed by atoms with Crippen LogP contribution in [0.15, 0.2) is 137 Å². The van der Waals surface area contributed by atoms with Crippen LogP contribution < -0.4 is 20.1 Å². The Labute approximate surface area is 621 Å². The summed E-state index contributed by atoms with van der Waals surface area (Å²) < 4.78 is 224. The first kappa shape index (κ1) is 91.5. The summed E-state index contributed by atoms with van der Waals surface area (Å²) in [6, 6.07) is 16.1. The van der Waals surface area contributed by atoms with Crippen molar-refractivity contribution in [1.29, 1.82) is 0 Å². The van der Waals surface area contributed by atoms with Gasteiger partial charge in [0.1, 0.15) is 45.3 Å². The fourth-order valence-electron chi connectivity index (χ4n) is 9.26. The molecular weight excluding hydrogens is 1470 g/mol. The van der Waals surface area contributed by atoms with Crippen molar-refractivity contribution in [2.24, 2.45) is 0 Å². The molecule has 0 fully saturated rings. The second-order valence-corrected chi connectivity index (χ2v) is 28.0. The molecule has 0 saturated heterocycles. The molecule has 0 bridgehead atoms. The normalized spacial score (nSPS) is 13.9. The highest BCUT2D eigenvalue weighted by atomic mass is 19.4. The monoisotopic (exact) mass is 1560 g/mol. The van der Waals surface area contributed by atoms with Crippen molar-refractivity contribution in [3.8, 4) is 29.0 Å². The molecule has 0 aliphatic rings. The van der Waals surface area contributed by atoms with Crippen molar-refractivity contribution in [2.45, 2.75) is 232 Å². The number of imide groups is 2. The number of hydrogen-bond acceptors (Lipinski definition) is 20. The number of allylic oxidation sites excluding steroid dienone is 2. The minimum atomic E-state index is -5.32. The molecule has 6 rings (SSSR count). The van der Waals surface area contributed by atoms with Crippen molar-refractivity contribution < 1.29 is 119 Å². The van der Waals surface area contributed by atoms with Gasteiger partial charge in [-0.3, -0.25) is 4.79 Å². The van der Waals surface area contributed by atoms with E-state index in [2.05, 4.69) is 51.7 Å². The molecule has 4 aromatic heterocycles. The third kappa shape index (κ3) is 26.2. The SMILES string of the molecule is C=CCCC(CC)Oc1nc(-c2nnc([C@@](CC=C)(OCc3ccccc3)C(F)(F)F)o2)c(N(C(=O)OC(C)(C)C)C(=O)OC(C)(C)C)cc1C(F)(F)F.C=CCCC(O)CC.C=CC[C@@](OCc1ccccc1)(c1nnc(-c2[nH]c(=O)c(C(F)(F)F)cc2N(C(=O)OC(C)(C)C)C(=O)OC(C)(C)C)o1)C(F)(F)F. The number of carbonyl (C=O) groups excluding carboxylic acids is 4. The van der Waals surface area contributed by atoms with Gasteiger partial charge in [0.25, 0.3) is 29.1 Å². The fraction of sp³-hybridized carbons (Fsp3) is 0.486. The van der Waals surface area contributed by atoms with Gasteiger partial charge in [0.05, 0.1) is 30.7 Å². The molecule has 4 heterocycles. The number of H-pyrrole nitrogens is 1. The zero-order valence-electron chi connectivity index (χ0n) is 62.6. The maximum Gasteiger partial charge on any atom is 0.426 e. The number of amides is 4. The van der Waals surface area contributed by atoms with Gasteiger partial charge in [-0.1, -0.05) is 98.8 Å². The Balaban J connectivity index is 0.000000421. The summed E-state index contributed by atoms with van der Waals surface area (Å²) in [5.41, 5.74) is -20.2. The van der Waals surface area contributed by atoms with E-state index in [1.165, 1.54) is 113 Å². The number of benzene rings is 2. The zero-order valence-corrected chi connectivity index (χ0v) is 62.6. The van der Waals surface area contributed by atoms with Crippen LogP contribution in [0.5, 0.6) is 5.88 Å². The third-order valence-electron chi connectivity index (χ3n) is 14.4. The number of nitrogens with one attached hydrogen (secondary N) is 1. The summed E-state index contributed by atoms with van der Waals surface area (Å²) in [6.07, 6.45) is -21.4. The zero-order chi connectivity index (χ0) is 82.7. The summed E-state index contributed by atoms with van der Waals surface area (Å²) in [5, 5.41) is 23.3. The predicted molar refractivity (Wildman–Crippen MR) is 375 cm³/mol. The maximum atomic E-state index is 15.0. The van der Waals surface area contributed by atoms with Crippen LogP contribution in [0.2, 0.25) is 0 Å². The molecule has 0 spiro atoms. The molecule has 0 saturated carbocycles. The molecule has 35 heteroatoms. The molecular formula is C74H90F12N8O15. The molecule has 2 aromatic carbocycles. The van der Waals surface area contributed by atoms with Gasteiger partial charge in [0.2, 0.25) is 17.1 Å². The van der Waals surface area contributed by atoms with Gasteiger partial charge in [-0.2, -0.15) is 62.5 Å². The lowest BCUT2D eigenvalue weighted by Crippen LogP contribution is -2.45. The van der Waals surface area contributed by atoms with Crippen molar-refractivity contribution in [3.05, 3.63) is 168 Å². The summed E-state index contributed by atoms with van der Waals surface area (Å²) in [5.74, 6) is -5.38. The van der Waals surface area contributed by atoms with E-state index in [1.807, 2.05) is 13.0 Å². The number of halogens is 12. The number of carbonyl (C=O) groups is 4. The second-order valence-electron chi connectivity index (χ2n) is 28.0. The number of anilines is 2. The third-order valence-corrected chi connectivity index (χ3v) is 14.4. The van der Waals surface area contributed by atoms with Gasteiger partial charge in [-0.25, -0.2) is 24.2 Å². The summed E-state index contributed by atoms with van der Waals surface area (Å²) in [4.78, 5) is 72.5. The van der Waals surface area contributed by atoms with Crippen LogP contribution in [0, 0.1) is 0 Å². The van der Waals surface area contributed by atoms with Gasteiger partial charge in [0.15, 0.2) is 5.69 Å². The Morgan fingerprint density at radius 2 is 0.899 bits per heavy atom. The Bertz CT molecular complexity index is 4040.